The van der Waals surface area contributed by atoms with Crippen LogP contribution in [0.3, 0.4) is 0 Å². The maximum Gasteiger partial charge on any atom is 0.315 e. The van der Waals surface area contributed by atoms with Crippen molar-refractivity contribution in [2.45, 2.75) is 27.7 Å². The number of aromatic hydroxyl groups is 1. The van der Waals surface area contributed by atoms with E-state index in [2.05, 4.69) is 0 Å². The van der Waals surface area contributed by atoms with Crippen molar-refractivity contribution in [3.63, 3.8) is 0 Å². The van der Waals surface area contributed by atoms with E-state index >= 15 is 0 Å². The molecule has 144 valence electrons. The Morgan fingerprint density at radius 3 is 2.41 bits per heavy atom. The minimum Gasteiger partial charge on any atom is -0.499 e. The van der Waals surface area contributed by atoms with Crippen LogP contribution in [0.25, 0.3) is 6.08 Å². The van der Waals surface area contributed by atoms with E-state index in [4.69, 9.17) is 4.74 Å². The van der Waals surface area contributed by atoms with E-state index in [1.807, 2.05) is 0 Å². The van der Waals surface area contributed by atoms with Crippen molar-refractivity contribution in [2.24, 2.45) is 5.92 Å². The van der Waals surface area contributed by atoms with Crippen LogP contribution in [0, 0.1) is 27.4 Å². The number of phenols is 1. The number of carbonyl (C=O) groups is 2. The number of likely N-dealkylation sites (N-methyl/N-ethyl adjacent to an activating group) is 1. The molecule has 27 heavy (non-hydrogen) atoms. The molecule has 9 nitrogen and oxygen atoms in total. The van der Waals surface area contributed by atoms with Crippen molar-refractivity contribution in [1.29, 1.82) is 5.26 Å². The van der Waals surface area contributed by atoms with E-state index in [0.29, 0.717) is 13.1 Å². The van der Waals surface area contributed by atoms with Gasteiger partial charge in [-0.25, -0.2) is 0 Å². The first kappa shape index (κ1) is 21.6. The predicted molar refractivity (Wildman–Crippen MR) is 96.8 cm³/mol. The van der Waals surface area contributed by atoms with Crippen molar-refractivity contribution in [2.75, 3.05) is 13.1 Å². The molecule has 0 saturated carbocycles. The zero-order valence-electron chi connectivity index (χ0n) is 15.6. The Kier molecular flexibility index (Phi) is 7.48. The Hall–Kier alpha value is -3.41. The summed E-state index contributed by atoms with van der Waals surface area (Å²) in [5.74, 6) is -2.97. The smallest absolute Gasteiger partial charge is 0.315 e. The van der Waals surface area contributed by atoms with Gasteiger partial charge in [-0.2, -0.15) is 5.26 Å². The highest BCUT2D eigenvalue weighted by Crippen LogP contribution is 2.38. The number of amides is 1. The highest BCUT2D eigenvalue weighted by molar-refractivity contribution is 6.01. The van der Waals surface area contributed by atoms with Gasteiger partial charge in [-0.05, 0) is 31.6 Å². The van der Waals surface area contributed by atoms with Gasteiger partial charge in [0.25, 0.3) is 5.91 Å². The Morgan fingerprint density at radius 2 is 1.96 bits per heavy atom. The van der Waals surface area contributed by atoms with E-state index in [1.165, 1.54) is 4.90 Å². The van der Waals surface area contributed by atoms with Crippen molar-refractivity contribution >= 4 is 23.6 Å². The van der Waals surface area contributed by atoms with Gasteiger partial charge in [0.15, 0.2) is 5.75 Å². The van der Waals surface area contributed by atoms with Gasteiger partial charge in [0.2, 0.25) is 5.75 Å². The minimum atomic E-state index is -0.850. The number of benzene rings is 1. The third kappa shape index (κ3) is 5.28. The van der Waals surface area contributed by atoms with Gasteiger partial charge >= 0.3 is 11.7 Å². The second-order valence-electron chi connectivity index (χ2n) is 5.87. The summed E-state index contributed by atoms with van der Waals surface area (Å²) in [6.07, 6.45) is 1.15. The lowest BCUT2D eigenvalue weighted by Gasteiger charge is -2.17. The molecule has 0 bridgehead atoms. The number of esters is 1. The molecule has 0 atom stereocenters. The average Bonchev–Trinajstić information content (AvgIpc) is 2.62. The quantitative estimate of drug-likeness (QED) is 0.193. The van der Waals surface area contributed by atoms with Crippen LogP contribution in [-0.4, -0.2) is 39.9 Å². The summed E-state index contributed by atoms with van der Waals surface area (Å²) in [6, 6.07) is 3.93. The zero-order valence-corrected chi connectivity index (χ0v) is 15.6. The van der Waals surface area contributed by atoms with Crippen LogP contribution in [0.1, 0.15) is 33.3 Å². The highest BCUT2D eigenvalue weighted by atomic mass is 16.6. The number of hydrogen-bond donors (Lipinski definition) is 1. The maximum atomic E-state index is 12.3. The van der Waals surface area contributed by atoms with Gasteiger partial charge in [0, 0.05) is 19.2 Å². The second kappa shape index (κ2) is 9.33. The van der Waals surface area contributed by atoms with Crippen LogP contribution in [0.15, 0.2) is 17.7 Å². The minimum absolute atomic E-state index is 0.0723. The lowest BCUT2D eigenvalue weighted by Crippen LogP contribution is -2.31. The predicted octanol–water partition coefficient (Wildman–Crippen LogP) is 2.64. The summed E-state index contributed by atoms with van der Waals surface area (Å²) in [6.45, 7) is 7.42. The van der Waals surface area contributed by atoms with Crippen LogP contribution >= 0.6 is 0 Å². The maximum absolute atomic E-state index is 12.3. The van der Waals surface area contributed by atoms with E-state index < -0.39 is 39.9 Å². The summed E-state index contributed by atoms with van der Waals surface area (Å²) in [5, 5.41) is 30.5. The first-order valence-corrected chi connectivity index (χ1v) is 8.30. The summed E-state index contributed by atoms with van der Waals surface area (Å²) in [5.41, 5.74) is -0.870. The molecular formula is C18H21N3O6. The lowest BCUT2D eigenvalue weighted by molar-refractivity contribution is -0.385. The van der Waals surface area contributed by atoms with Crippen LogP contribution in [-0.2, 0) is 9.59 Å². The second-order valence-corrected chi connectivity index (χ2v) is 5.87. The summed E-state index contributed by atoms with van der Waals surface area (Å²) >= 11 is 0. The number of phenolic OH excluding ortho intramolecular Hbond substituents is 1. The van der Waals surface area contributed by atoms with Crippen molar-refractivity contribution < 1.29 is 24.4 Å². The van der Waals surface area contributed by atoms with Crippen LogP contribution in [0.2, 0.25) is 0 Å². The molecule has 0 radical (unpaired) electrons. The third-order valence-corrected chi connectivity index (χ3v) is 3.67. The molecule has 1 rings (SSSR count). The Balaban J connectivity index is 3.48. The Morgan fingerprint density at radius 1 is 1.37 bits per heavy atom. The van der Waals surface area contributed by atoms with E-state index in [1.54, 1.807) is 33.8 Å². The van der Waals surface area contributed by atoms with Crippen molar-refractivity contribution in [3.05, 3.63) is 33.4 Å². The first-order valence-electron chi connectivity index (χ1n) is 8.30. The number of ether oxygens (including phenoxy) is 1. The van der Waals surface area contributed by atoms with Gasteiger partial charge in [-0.3, -0.25) is 19.7 Å². The number of hydrogen-bond acceptors (Lipinski definition) is 7. The molecule has 1 N–H and O–H groups in total. The third-order valence-electron chi connectivity index (χ3n) is 3.67. The largest absolute Gasteiger partial charge is 0.499 e. The summed E-state index contributed by atoms with van der Waals surface area (Å²) in [7, 11) is 0. The van der Waals surface area contributed by atoms with Gasteiger partial charge in [-0.15, -0.1) is 0 Å². The standard InChI is InChI=1S/C18H21N3O6/c1-5-20(6-2)17(23)13(10-19)7-12-8-14(21(25)26)16(22)15(9-12)27-18(24)11(3)4/h7-9,11,22H,5-6H2,1-4H3/b13-7+. The number of nitro groups is 1. The normalized spacial score (nSPS) is 11.0. The molecule has 0 saturated heterocycles. The van der Waals surface area contributed by atoms with Crippen LogP contribution in [0.4, 0.5) is 5.69 Å². The van der Waals surface area contributed by atoms with Crippen LogP contribution in [0.5, 0.6) is 11.5 Å². The summed E-state index contributed by atoms with van der Waals surface area (Å²) < 4.78 is 5.00. The van der Waals surface area contributed by atoms with Gasteiger partial charge < -0.3 is 14.7 Å². The van der Waals surface area contributed by atoms with Gasteiger partial charge in [-0.1, -0.05) is 13.8 Å². The molecule has 1 amide bonds. The number of nitrogens with zero attached hydrogens (tertiary/aromatic N) is 3. The molecule has 9 heteroatoms. The molecule has 0 heterocycles. The SMILES string of the molecule is CCN(CC)C(=O)/C(C#N)=C/c1cc(OC(=O)C(C)C)c(O)c([N+](=O)[O-])c1. The summed E-state index contributed by atoms with van der Waals surface area (Å²) in [4.78, 5) is 35.9. The molecular weight excluding hydrogens is 354 g/mol. The number of carbonyl (C=O) groups excluding carboxylic acids is 2. The molecule has 0 unspecified atom stereocenters. The molecule has 0 aromatic heterocycles. The molecule has 1 aromatic carbocycles. The number of nitriles is 1. The van der Waals surface area contributed by atoms with E-state index in [0.717, 1.165) is 18.2 Å². The topological polar surface area (TPSA) is 134 Å². The fourth-order valence-electron chi connectivity index (χ4n) is 2.13. The molecule has 1 aromatic rings. The zero-order chi connectivity index (χ0) is 20.7. The van der Waals surface area contributed by atoms with E-state index in [-0.39, 0.29) is 11.1 Å². The Labute approximate surface area is 156 Å². The Bertz CT molecular complexity index is 819. The molecule has 0 spiro atoms. The lowest BCUT2D eigenvalue weighted by atomic mass is 10.1. The highest BCUT2D eigenvalue weighted by Gasteiger charge is 2.23. The van der Waals surface area contributed by atoms with Crippen molar-refractivity contribution in [1.82, 2.24) is 4.90 Å². The monoisotopic (exact) mass is 375 g/mol. The number of nitro benzene ring substituents is 1. The van der Waals surface area contributed by atoms with Crippen LogP contribution < -0.4 is 4.74 Å². The first-order chi connectivity index (χ1) is 12.7. The fraction of sp³-hybridized carbons (Fsp3) is 0.389. The van der Waals surface area contributed by atoms with Gasteiger partial charge in [0.1, 0.15) is 11.6 Å². The van der Waals surface area contributed by atoms with Gasteiger partial charge in [0.05, 0.1) is 10.8 Å². The molecule has 0 aliphatic rings. The van der Waals surface area contributed by atoms with Crippen molar-refractivity contribution in [3.8, 4) is 17.6 Å². The molecule has 0 fully saturated rings. The number of rotatable bonds is 7. The average molecular weight is 375 g/mol. The fourth-order valence-corrected chi connectivity index (χ4v) is 2.13. The molecule has 0 aliphatic carbocycles. The molecule has 0 aliphatic heterocycles. The van der Waals surface area contributed by atoms with E-state index in [9.17, 15) is 30.1 Å².